The lowest BCUT2D eigenvalue weighted by Crippen LogP contribution is -2.25. The lowest BCUT2D eigenvalue weighted by atomic mass is 10.1. The molecule has 0 aliphatic heterocycles. The zero-order chi connectivity index (χ0) is 12.8. The van der Waals surface area contributed by atoms with Gasteiger partial charge in [-0.2, -0.15) is 0 Å². The van der Waals surface area contributed by atoms with Crippen LogP contribution in [0.1, 0.15) is 17.3 Å². The van der Waals surface area contributed by atoms with Crippen molar-refractivity contribution in [3.8, 4) is 0 Å². The van der Waals surface area contributed by atoms with E-state index >= 15 is 0 Å². The Morgan fingerprint density at radius 2 is 2.17 bits per heavy atom. The fourth-order valence-corrected chi connectivity index (χ4v) is 3.08. The van der Waals surface area contributed by atoms with Crippen LogP contribution in [0.15, 0.2) is 41.2 Å². The van der Waals surface area contributed by atoms with E-state index in [0.717, 1.165) is 5.69 Å². The maximum Gasteiger partial charge on any atom is 0.0795 e. The topological polar surface area (TPSA) is 42.0 Å². The van der Waals surface area contributed by atoms with Gasteiger partial charge in [0, 0.05) is 40.8 Å². The van der Waals surface area contributed by atoms with Gasteiger partial charge < -0.3 is 5.32 Å². The van der Waals surface area contributed by atoms with Crippen LogP contribution in [0, 0.1) is 0 Å². The van der Waals surface area contributed by atoms with E-state index < -0.39 is 10.8 Å². The summed E-state index contributed by atoms with van der Waals surface area (Å²) in [4.78, 5) is 4.24. The fraction of sp³-hybridized carbons (Fsp3) is 0.308. The molecule has 2 rings (SSSR count). The minimum atomic E-state index is -0.825. The van der Waals surface area contributed by atoms with Crippen LogP contribution in [0.25, 0.3) is 0 Å². The smallest absolute Gasteiger partial charge is 0.0795 e. The van der Waals surface area contributed by atoms with Crippen molar-refractivity contribution in [2.75, 3.05) is 12.0 Å². The van der Waals surface area contributed by atoms with Crippen molar-refractivity contribution in [2.45, 2.75) is 12.6 Å². The molecule has 0 amide bonds. The summed E-state index contributed by atoms with van der Waals surface area (Å²) in [6.45, 7) is 0.709. The Bertz CT molecular complexity index is 485. The molecule has 0 spiro atoms. The van der Waals surface area contributed by atoms with Gasteiger partial charge in [-0.3, -0.25) is 4.21 Å². The third kappa shape index (κ3) is 4.01. The number of hydrogen-bond donors (Lipinski definition) is 1. The average molecular weight is 280 g/mol. The number of nitrogens with zero attached hydrogens (tertiary/aromatic N) is 1. The second-order valence-electron chi connectivity index (χ2n) is 4.06. The molecule has 2 aromatic rings. The molecule has 3 nitrogen and oxygen atoms in total. The Kier molecular flexibility index (Phi) is 5.04. The average Bonchev–Trinajstić information content (AvgIpc) is 2.88. The SMILES string of the molecule is C[S@@](=O)C[C@@H](NCc1cscn1)c1ccccc1. The predicted molar refractivity (Wildman–Crippen MR) is 77.1 cm³/mol. The van der Waals surface area contributed by atoms with Crippen LogP contribution in [0.2, 0.25) is 0 Å². The van der Waals surface area contributed by atoms with Crippen LogP contribution in [-0.4, -0.2) is 21.2 Å². The number of thiazole rings is 1. The van der Waals surface area contributed by atoms with Gasteiger partial charge in [-0.1, -0.05) is 30.3 Å². The van der Waals surface area contributed by atoms with E-state index in [4.69, 9.17) is 0 Å². The van der Waals surface area contributed by atoms with E-state index in [1.165, 1.54) is 5.56 Å². The first-order valence-electron chi connectivity index (χ1n) is 5.71. The maximum absolute atomic E-state index is 11.4. The van der Waals surface area contributed by atoms with Crippen LogP contribution >= 0.6 is 11.3 Å². The Hall–Kier alpha value is -1.04. The minimum absolute atomic E-state index is 0.110. The highest BCUT2D eigenvalue weighted by Crippen LogP contribution is 2.14. The van der Waals surface area contributed by atoms with Gasteiger partial charge in [0.15, 0.2) is 0 Å². The summed E-state index contributed by atoms with van der Waals surface area (Å²) in [5, 5.41) is 5.45. The highest BCUT2D eigenvalue weighted by molar-refractivity contribution is 7.84. The minimum Gasteiger partial charge on any atom is -0.303 e. The molecule has 2 atom stereocenters. The molecule has 1 heterocycles. The van der Waals surface area contributed by atoms with Crippen LogP contribution < -0.4 is 5.32 Å². The van der Waals surface area contributed by atoms with Gasteiger partial charge in [0.05, 0.1) is 11.2 Å². The summed E-state index contributed by atoms with van der Waals surface area (Å²) < 4.78 is 11.4. The summed E-state index contributed by atoms with van der Waals surface area (Å²) in [5.41, 5.74) is 4.03. The molecule has 0 radical (unpaired) electrons. The van der Waals surface area contributed by atoms with Crippen molar-refractivity contribution in [1.29, 1.82) is 0 Å². The largest absolute Gasteiger partial charge is 0.303 e. The highest BCUT2D eigenvalue weighted by atomic mass is 32.2. The lowest BCUT2D eigenvalue weighted by molar-refractivity contribution is 0.569. The van der Waals surface area contributed by atoms with Gasteiger partial charge >= 0.3 is 0 Å². The molecule has 0 unspecified atom stereocenters. The van der Waals surface area contributed by atoms with Crippen molar-refractivity contribution < 1.29 is 4.21 Å². The van der Waals surface area contributed by atoms with Gasteiger partial charge in [-0.25, -0.2) is 4.98 Å². The first-order chi connectivity index (χ1) is 8.75. The Morgan fingerprint density at radius 3 is 2.78 bits per heavy atom. The van der Waals surface area contributed by atoms with Gasteiger partial charge in [-0.15, -0.1) is 11.3 Å². The van der Waals surface area contributed by atoms with Crippen molar-refractivity contribution >= 4 is 22.1 Å². The molecule has 0 saturated heterocycles. The van der Waals surface area contributed by atoms with Crippen LogP contribution in [0.5, 0.6) is 0 Å². The summed E-state index contributed by atoms with van der Waals surface area (Å²) in [6, 6.07) is 10.2. The van der Waals surface area contributed by atoms with Gasteiger partial charge in [0.25, 0.3) is 0 Å². The zero-order valence-corrected chi connectivity index (χ0v) is 11.8. The van der Waals surface area contributed by atoms with E-state index in [1.807, 2.05) is 29.1 Å². The quantitative estimate of drug-likeness (QED) is 0.883. The van der Waals surface area contributed by atoms with Crippen LogP contribution in [0.3, 0.4) is 0 Å². The molecule has 0 aliphatic carbocycles. The van der Waals surface area contributed by atoms with E-state index in [2.05, 4.69) is 22.4 Å². The summed E-state index contributed by atoms with van der Waals surface area (Å²) in [6.07, 6.45) is 1.74. The number of hydrogen-bond acceptors (Lipinski definition) is 4. The number of aromatic nitrogens is 1. The van der Waals surface area contributed by atoms with Crippen molar-refractivity contribution in [3.05, 3.63) is 52.5 Å². The predicted octanol–water partition coefficient (Wildman–Crippen LogP) is 2.35. The molecular weight excluding hydrogens is 264 g/mol. The van der Waals surface area contributed by atoms with E-state index in [-0.39, 0.29) is 6.04 Å². The van der Waals surface area contributed by atoms with E-state index in [0.29, 0.717) is 12.3 Å². The molecule has 96 valence electrons. The van der Waals surface area contributed by atoms with Crippen LogP contribution in [0.4, 0.5) is 0 Å². The summed E-state index contributed by atoms with van der Waals surface area (Å²) in [5.74, 6) is 0.619. The van der Waals surface area contributed by atoms with Crippen LogP contribution in [-0.2, 0) is 17.3 Å². The van der Waals surface area contributed by atoms with Crippen molar-refractivity contribution in [2.24, 2.45) is 0 Å². The number of nitrogens with one attached hydrogen (secondary N) is 1. The monoisotopic (exact) mass is 280 g/mol. The van der Waals surface area contributed by atoms with Gasteiger partial charge in [-0.05, 0) is 5.56 Å². The standard InChI is InChI=1S/C13H16N2OS2/c1-18(16)9-13(11-5-3-2-4-6-11)14-7-12-8-17-10-15-12/h2-6,8,10,13-14H,7,9H2,1H3/t13-,18-/m1/s1. The molecule has 18 heavy (non-hydrogen) atoms. The third-order valence-corrected chi connectivity index (χ3v) is 4.05. The molecule has 0 bridgehead atoms. The number of rotatable bonds is 6. The molecule has 1 aromatic carbocycles. The molecular formula is C13H16N2OS2. The third-order valence-electron chi connectivity index (χ3n) is 2.62. The Balaban J connectivity index is 2.03. The summed E-state index contributed by atoms with van der Waals surface area (Å²) in [7, 11) is -0.825. The van der Waals surface area contributed by atoms with Gasteiger partial charge in [0.1, 0.15) is 0 Å². The molecule has 0 fully saturated rings. The fourth-order valence-electron chi connectivity index (χ4n) is 1.75. The first-order valence-corrected chi connectivity index (χ1v) is 8.38. The maximum atomic E-state index is 11.4. The lowest BCUT2D eigenvalue weighted by Gasteiger charge is -2.17. The highest BCUT2D eigenvalue weighted by Gasteiger charge is 2.12. The second-order valence-corrected chi connectivity index (χ2v) is 6.26. The first kappa shape index (κ1) is 13.4. The Labute approximate surface area is 114 Å². The second kappa shape index (κ2) is 6.78. The van der Waals surface area contributed by atoms with Gasteiger partial charge in [0.2, 0.25) is 0 Å². The molecule has 0 saturated carbocycles. The summed E-state index contributed by atoms with van der Waals surface area (Å²) >= 11 is 1.59. The normalized spacial score (nSPS) is 14.3. The van der Waals surface area contributed by atoms with E-state index in [1.54, 1.807) is 17.6 Å². The van der Waals surface area contributed by atoms with Crippen molar-refractivity contribution in [3.63, 3.8) is 0 Å². The van der Waals surface area contributed by atoms with Crippen molar-refractivity contribution in [1.82, 2.24) is 10.3 Å². The Morgan fingerprint density at radius 1 is 1.39 bits per heavy atom. The molecule has 1 N–H and O–H groups in total. The zero-order valence-electron chi connectivity index (χ0n) is 10.2. The number of benzene rings is 1. The molecule has 0 aliphatic rings. The van der Waals surface area contributed by atoms with E-state index in [9.17, 15) is 4.21 Å². The molecule has 5 heteroatoms. The molecule has 1 aromatic heterocycles.